The van der Waals surface area contributed by atoms with E-state index in [1.54, 1.807) is 12.1 Å². The van der Waals surface area contributed by atoms with Gasteiger partial charge in [-0.05, 0) is 61.4 Å². The topological polar surface area (TPSA) is 32.3 Å². The first-order chi connectivity index (χ1) is 11.0. The lowest BCUT2D eigenvalue weighted by Gasteiger charge is -2.30. The summed E-state index contributed by atoms with van der Waals surface area (Å²) in [5.74, 6) is 0.314. The minimum Gasteiger partial charge on any atom is -0.508 e. The van der Waals surface area contributed by atoms with Crippen LogP contribution in [0.4, 0.5) is 0 Å². The lowest BCUT2D eigenvalue weighted by molar-refractivity contribution is 0.361. The molecule has 0 radical (unpaired) electrons. The van der Waals surface area contributed by atoms with Crippen molar-refractivity contribution < 1.29 is 5.11 Å². The van der Waals surface area contributed by atoms with E-state index in [4.69, 9.17) is 0 Å². The molecule has 1 atom stereocenters. The first kappa shape index (κ1) is 18.5. The van der Waals surface area contributed by atoms with Gasteiger partial charge >= 0.3 is 0 Å². The van der Waals surface area contributed by atoms with Crippen molar-refractivity contribution in [2.45, 2.75) is 65.0 Å². The predicted octanol–water partition coefficient (Wildman–Crippen LogP) is 5.36. The molecule has 0 aromatic heterocycles. The maximum absolute atomic E-state index is 9.49. The van der Waals surface area contributed by atoms with Gasteiger partial charge in [0.25, 0.3) is 0 Å². The van der Waals surface area contributed by atoms with Crippen LogP contribution in [0, 0.1) is 0 Å². The minimum absolute atomic E-state index is 0.0320. The fraction of sp³-hybridized carbons (Fsp3) is 0.455. The zero-order valence-electron chi connectivity index (χ0n) is 15.9. The molecule has 0 aliphatic carbocycles. The van der Waals surface area contributed by atoms with Crippen LogP contribution in [-0.2, 0) is 11.8 Å². The Kier molecular flexibility index (Phi) is 5.39. The van der Waals surface area contributed by atoms with Gasteiger partial charge < -0.3 is 10.4 Å². The summed E-state index contributed by atoms with van der Waals surface area (Å²) in [6.07, 6.45) is 0.895. The maximum atomic E-state index is 9.49. The van der Waals surface area contributed by atoms with Crippen molar-refractivity contribution in [1.82, 2.24) is 5.32 Å². The molecule has 24 heavy (non-hydrogen) atoms. The van der Waals surface area contributed by atoms with E-state index in [9.17, 15) is 5.11 Å². The van der Waals surface area contributed by atoms with E-state index in [0.29, 0.717) is 5.75 Å². The van der Waals surface area contributed by atoms with Crippen molar-refractivity contribution in [3.8, 4) is 5.75 Å². The van der Waals surface area contributed by atoms with Gasteiger partial charge in [0.05, 0.1) is 0 Å². The molecule has 0 fully saturated rings. The SMILES string of the molecule is CC(C)(C)N[C@H](Cc1ccc(O)cc1)c1ccc(C(C)(C)C)cc1. The second-order valence-corrected chi connectivity index (χ2v) is 8.69. The van der Waals surface area contributed by atoms with E-state index in [0.717, 1.165) is 6.42 Å². The molecule has 0 amide bonds. The Morgan fingerprint density at radius 2 is 1.38 bits per heavy atom. The minimum atomic E-state index is 0.0320. The van der Waals surface area contributed by atoms with Crippen molar-refractivity contribution >= 4 is 0 Å². The lowest BCUT2D eigenvalue weighted by Crippen LogP contribution is -2.39. The fourth-order valence-corrected chi connectivity index (χ4v) is 2.86. The number of aromatic hydroxyl groups is 1. The third-order valence-corrected chi connectivity index (χ3v) is 4.16. The van der Waals surface area contributed by atoms with Crippen molar-refractivity contribution in [2.24, 2.45) is 0 Å². The Morgan fingerprint density at radius 1 is 0.833 bits per heavy atom. The highest BCUT2D eigenvalue weighted by Gasteiger charge is 2.20. The number of rotatable bonds is 4. The number of nitrogens with one attached hydrogen (secondary N) is 1. The van der Waals surface area contributed by atoms with E-state index in [2.05, 4.69) is 71.1 Å². The molecule has 0 unspecified atom stereocenters. The second kappa shape index (κ2) is 6.98. The molecule has 0 spiro atoms. The molecule has 130 valence electrons. The molecule has 0 bridgehead atoms. The molecular weight excluding hydrogens is 294 g/mol. The summed E-state index contributed by atoms with van der Waals surface area (Å²) in [5, 5.41) is 13.2. The molecule has 2 rings (SSSR count). The van der Waals surface area contributed by atoms with Gasteiger partial charge in [0.1, 0.15) is 5.75 Å². The molecule has 2 aromatic rings. The number of hydrogen-bond acceptors (Lipinski definition) is 2. The van der Waals surface area contributed by atoms with Crippen molar-refractivity contribution in [2.75, 3.05) is 0 Å². The summed E-state index contributed by atoms with van der Waals surface area (Å²) < 4.78 is 0. The first-order valence-electron chi connectivity index (χ1n) is 8.71. The van der Waals surface area contributed by atoms with Crippen LogP contribution in [0.25, 0.3) is 0 Å². The van der Waals surface area contributed by atoms with E-state index in [1.165, 1.54) is 16.7 Å². The summed E-state index contributed by atoms with van der Waals surface area (Å²) in [6.45, 7) is 13.3. The lowest BCUT2D eigenvalue weighted by atomic mass is 9.85. The van der Waals surface area contributed by atoms with E-state index < -0.39 is 0 Å². The van der Waals surface area contributed by atoms with E-state index in [-0.39, 0.29) is 17.0 Å². The van der Waals surface area contributed by atoms with Crippen molar-refractivity contribution in [3.63, 3.8) is 0 Å². The molecular formula is C22H31NO. The number of hydrogen-bond donors (Lipinski definition) is 2. The van der Waals surface area contributed by atoms with Gasteiger partial charge in [0.15, 0.2) is 0 Å². The van der Waals surface area contributed by atoms with Gasteiger partial charge in [-0.3, -0.25) is 0 Å². The standard InChI is InChI=1S/C22H31NO/c1-21(2,3)18-11-9-17(10-12-18)20(23-22(4,5)6)15-16-7-13-19(24)14-8-16/h7-14,20,23-24H,15H2,1-6H3/t20-/m1/s1. The molecule has 2 aromatic carbocycles. The summed E-state index contributed by atoms with van der Waals surface area (Å²) in [7, 11) is 0. The Morgan fingerprint density at radius 3 is 1.83 bits per heavy atom. The van der Waals surface area contributed by atoms with Crippen molar-refractivity contribution in [3.05, 3.63) is 65.2 Å². The summed E-state index contributed by atoms with van der Waals surface area (Å²) in [4.78, 5) is 0. The molecule has 2 heteroatoms. The van der Waals surface area contributed by atoms with Crippen molar-refractivity contribution in [1.29, 1.82) is 0 Å². The second-order valence-electron chi connectivity index (χ2n) is 8.69. The normalized spacial score (nSPS) is 13.8. The van der Waals surface area contributed by atoms with Crippen LogP contribution < -0.4 is 5.32 Å². The van der Waals surface area contributed by atoms with Gasteiger partial charge in [-0.15, -0.1) is 0 Å². The molecule has 2 nitrogen and oxygen atoms in total. The van der Waals surface area contributed by atoms with Crippen LogP contribution >= 0.6 is 0 Å². The van der Waals surface area contributed by atoms with Crippen LogP contribution in [-0.4, -0.2) is 10.6 Å². The predicted molar refractivity (Wildman–Crippen MR) is 103 cm³/mol. The van der Waals surface area contributed by atoms with Gasteiger partial charge in [-0.2, -0.15) is 0 Å². The van der Waals surface area contributed by atoms with Crippen LogP contribution in [0.3, 0.4) is 0 Å². The average Bonchev–Trinajstić information content (AvgIpc) is 2.47. The Bertz CT molecular complexity index is 642. The fourth-order valence-electron chi connectivity index (χ4n) is 2.86. The highest BCUT2D eigenvalue weighted by Crippen LogP contribution is 2.27. The zero-order chi connectivity index (χ0) is 18.0. The third-order valence-electron chi connectivity index (χ3n) is 4.16. The van der Waals surface area contributed by atoms with Gasteiger partial charge in [-0.1, -0.05) is 57.2 Å². The molecule has 0 aliphatic heterocycles. The maximum Gasteiger partial charge on any atom is 0.115 e. The van der Waals surface area contributed by atoms with Crippen LogP contribution in [0.1, 0.15) is 64.3 Å². The number of phenols is 1. The molecule has 0 saturated heterocycles. The Labute approximate surface area is 146 Å². The molecule has 0 saturated carbocycles. The van der Waals surface area contributed by atoms with Gasteiger partial charge in [0, 0.05) is 11.6 Å². The van der Waals surface area contributed by atoms with Gasteiger partial charge in [-0.25, -0.2) is 0 Å². The third kappa shape index (κ3) is 5.38. The molecule has 0 aliphatic rings. The van der Waals surface area contributed by atoms with E-state index >= 15 is 0 Å². The quantitative estimate of drug-likeness (QED) is 0.793. The number of phenolic OH excluding ortho intramolecular Hbond substituents is 1. The van der Waals surface area contributed by atoms with Crippen LogP contribution in [0.15, 0.2) is 48.5 Å². The van der Waals surface area contributed by atoms with Crippen LogP contribution in [0.5, 0.6) is 5.75 Å². The highest BCUT2D eigenvalue weighted by molar-refractivity contribution is 5.32. The van der Waals surface area contributed by atoms with Gasteiger partial charge in [0.2, 0.25) is 0 Å². The van der Waals surface area contributed by atoms with Crippen LogP contribution in [0.2, 0.25) is 0 Å². The summed E-state index contributed by atoms with van der Waals surface area (Å²) in [5.41, 5.74) is 4.07. The Balaban J connectivity index is 2.27. The highest BCUT2D eigenvalue weighted by atomic mass is 16.3. The first-order valence-corrected chi connectivity index (χ1v) is 8.71. The summed E-state index contributed by atoms with van der Waals surface area (Å²) >= 11 is 0. The molecule has 0 heterocycles. The zero-order valence-corrected chi connectivity index (χ0v) is 15.9. The summed E-state index contributed by atoms with van der Waals surface area (Å²) in [6, 6.07) is 16.7. The largest absolute Gasteiger partial charge is 0.508 e. The van der Waals surface area contributed by atoms with E-state index in [1.807, 2.05) is 12.1 Å². The monoisotopic (exact) mass is 325 g/mol. The average molecular weight is 325 g/mol. The molecule has 2 N–H and O–H groups in total. The smallest absolute Gasteiger partial charge is 0.115 e. The number of benzene rings is 2. The Hall–Kier alpha value is -1.80.